The second-order valence-corrected chi connectivity index (χ2v) is 6.01. The highest BCUT2D eigenvalue weighted by atomic mass is 16.2. The minimum absolute atomic E-state index is 0.00423. The zero-order chi connectivity index (χ0) is 14.8. The van der Waals surface area contributed by atoms with Crippen LogP contribution in [0.5, 0.6) is 0 Å². The minimum atomic E-state index is 0.00423. The van der Waals surface area contributed by atoms with E-state index in [0.29, 0.717) is 25.6 Å². The molecule has 2 aliphatic rings. The van der Waals surface area contributed by atoms with Crippen molar-refractivity contribution in [3.8, 4) is 0 Å². The fourth-order valence-corrected chi connectivity index (χ4v) is 3.53. The van der Waals surface area contributed by atoms with E-state index in [2.05, 4.69) is 0 Å². The highest BCUT2D eigenvalue weighted by molar-refractivity contribution is 5.93. The molecule has 0 unspecified atom stereocenters. The number of anilines is 1. The van der Waals surface area contributed by atoms with Crippen molar-refractivity contribution in [2.45, 2.75) is 51.6 Å². The number of rotatable bonds is 1. The Hall–Kier alpha value is -1.84. The Morgan fingerprint density at radius 2 is 1.90 bits per heavy atom. The normalized spacial score (nSPS) is 20.1. The number of hydrogen-bond donors (Lipinski definition) is 0. The van der Waals surface area contributed by atoms with Gasteiger partial charge in [0.1, 0.15) is 0 Å². The van der Waals surface area contributed by atoms with Gasteiger partial charge in [-0.05, 0) is 24.5 Å². The maximum atomic E-state index is 12.5. The van der Waals surface area contributed by atoms with Gasteiger partial charge in [-0.15, -0.1) is 0 Å². The lowest BCUT2D eigenvalue weighted by Gasteiger charge is -2.35. The summed E-state index contributed by atoms with van der Waals surface area (Å²) in [5.74, 6) is 0.187. The highest BCUT2D eigenvalue weighted by Gasteiger charge is 2.30. The summed E-state index contributed by atoms with van der Waals surface area (Å²) in [4.78, 5) is 28.2. The zero-order valence-corrected chi connectivity index (χ0v) is 12.5. The van der Waals surface area contributed by atoms with Crippen LogP contribution < -0.4 is 4.90 Å². The van der Waals surface area contributed by atoms with Gasteiger partial charge >= 0.3 is 0 Å². The van der Waals surface area contributed by atoms with Crippen LogP contribution >= 0.6 is 0 Å². The first-order chi connectivity index (χ1) is 10.2. The summed E-state index contributed by atoms with van der Waals surface area (Å²) >= 11 is 0. The van der Waals surface area contributed by atoms with Crippen LogP contribution in [-0.4, -0.2) is 29.3 Å². The Morgan fingerprint density at radius 3 is 2.62 bits per heavy atom. The van der Waals surface area contributed by atoms with Crippen molar-refractivity contribution in [2.75, 3.05) is 11.4 Å². The number of carbonyl (C=O) groups is 2. The van der Waals surface area contributed by atoms with Crippen LogP contribution in [0.3, 0.4) is 0 Å². The first-order valence-electron chi connectivity index (χ1n) is 7.82. The minimum Gasteiger partial charge on any atom is -0.335 e. The molecule has 4 nitrogen and oxygen atoms in total. The van der Waals surface area contributed by atoms with E-state index in [-0.39, 0.29) is 11.8 Å². The monoisotopic (exact) mass is 286 g/mol. The molecule has 112 valence electrons. The molecular formula is C17H22N2O2. The van der Waals surface area contributed by atoms with E-state index in [0.717, 1.165) is 24.1 Å². The van der Waals surface area contributed by atoms with Crippen molar-refractivity contribution in [1.82, 2.24) is 4.90 Å². The fourth-order valence-electron chi connectivity index (χ4n) is 3.53. The summed E-state index contributed by atoms with van der Waals surface area (Å²) in [6.07, 6.45) is 5.09. The Labute approximate surface area is 125 Å². The smallest absolute Gasteiger partial charge is 0.224 e. The summed E-state index contributed by atoms with van der Waals surface area (Å²) in [5, 5.41) is 0. The van der Waals surface area contributed by atoms with Crippen molar-refractivity contribution in [3.63, 3.8) is 0 Å². The Balaban J connectivity index is 1.94. The largest absolute Gasteiger partial charge is 0.335 e. The summed E-state index contributed by atoms with van der Waals surface area (Å²) in [7, 11) is 0. The average molecular weight is 286 g/mol. The maximum absolute atomic E-state index is 12.5. The molecule has 0 saturated heterocycles. The van der Waals surface area contributed by atoms with Crippen LogP contribution in [-0.2, 0) is 16.1 Å². The van der Waals surface area contributed by atoms with Crippen molar-refractivity contribution in [2.24, 2.45) is 0 Å². The van der Waals surface area contributed by atoms with Crippen LogP contribution in [0.4, 0.5) is 5.69 Å². The summed E-state index contributed by atoms with van der Waals surface area (Å²) < 4.78 is 0. The van der Waals surface area contributed by atoms with Gasteiger partial charge in [-0.1, -0.05) is 31.0 Å². The predicted molar refractivity (Wildman–Crippen MR) is 81.9 cm³/mol. The van der Waals surface area contributed by atoms with Crippen LogP contribution in [0.2, 0.25) is 0 Å². The second-order valence-electron chi connectivity index (χ2n) is 6.01. The Morgan fingerprint density at radius 1 is 1.19 bits per heavy atom. The van der Waals surface area contributed by atoms with Crippen LogP contribution in [0.15, 0.2) is 24.3 Å². The molecule has 1 aliphatic heterocycles. The number of carbonyl (C=O) groups excluding carboxylic acids is 2. The molecule has 0 aromatic heterocycles. The lowest BCUT2D eigenvalue weighted by Crippen LogP contribution is -2.43. The van der Waals surface area contributed by atoms with Crippen molar-refractivity contribution in [1.29, 1.82) is 0 Å². The van der Waals surface area contributed by atoms with E-state index in [1.54, 1.807) is 11.8 Å². The number of fused-ring (bicyclic) bond motifs is 1. The van der Waals surface area contributed by atoms with E-state index in [4.69, 9.17) is 0 Å². The third-order valence-corrected chi connectivity index (χ3v) is 4.64. The average Bonchev–Trinajstić information content (AvgIpc) is 2.97. The summed E-state index contributed by atoms with van der Waals surface area (Å²) in [6.45, 7) is 2.68. The van der Waals surface area contributed by atoms with E-state index >= 15 is 0 Å². The lowest BCUT2D eigenvalue weighted by atomic mass is 10.1. The molecule has 0 bridgehead atoms. The van der Waals surface area contributed by atoms with Gasteiger partial charge in [0.05, 0.1) is 0 Å². The molecular weight excluding hydrogens is 264 g/mol. The van der Waals surface area contributed by atoms with Gasteiger partial charge in [-0.25, -0.2) is 0 Å². The topological polar surface area (TPSA) is 40.6 Å². The summed E-state index contributed by atoms with van der Waals surface area (Å²) in [5.41, 5.74) is 2.04. The summed E-state index contributed by atoms with van der Waals surface area (Å²) in [6, 6.07) is 8.34. The third kappa shape index (κ3) is 2.80. The predicted octanol–water partition coefficient (Wildman–Crippen LogP) is 2.71. The highest BCUT2D eigenvalue weighted by Crippen LogP contribution is 2.30. The molecule has 0 N–H and O–H groups in total. The van der Waals surface area contributed by atoms with Crippen molar-refractivity contribution in [3.05, 3.63) is 29.8 Å². The van der Waals surface area contributed by atoms with Crippen molar-refractivity contribution >= 4 is 17.5 Å². The molecule has 1 aromatic rings. The maximum Gasteiger partial charge on any atom is 0.224 e. The molecule has 0 atom stereocenters. The van der Waals surface area contributed by atoms with Crippen LogP contribution in [0.1, 0.15) is 44.6 Å². The van der Waals surface area contributed by atoms with Crippen molar-refractivity contribution < 1.29 is 9.59 Å². The molecule has 2 amide bonds. The van der Waals surface area contributed by atoms with Crippen LogP contribution in [0.25, 0.3) is 0 Å². The standard InChI is InChI=1S/C17H22N2O2/c1-13(20)18-11-10-17(21)19(15-7-3-4-8-15)12-14-6-2-5-9-16(14)18/h2,5-6,9,15H,3-4,7-8,10-12H2,1H3. The molecule has 1 heterocycles. The van der Waals surface area contributed by atoms with E-state index in [1.807, 2.05) is 29.2 Å². The van der Waals surface area contributed by atoms with Gasteiger partial charge in [0.25, 0.3) is 0 Å². The molecule has 4 heteroatoms. The number of hydrogen-bond acceptors (Lipinski definition) is 2. The number of nitrogens with zero attached hydrogens (tertiary/aromatic N) is 2. The molecule has 1 aliphatic carbocycles. The van der Waals surface area contributed by atoms with E-state index in [1.165, 1.54) is 12.8 Å². The number of benzene rings is 1. The SMILES string of the molecule is CC(=O)N1CCC(=O)N(C2CCCC2)Cc2ccccc21. The van der Waals surface area contributed by atoms with E-state index < -0.39 is 0 Å². The Bertz CT molecular complexity index is 549. The molecule has 3 rings (SSSR count). The molecule has 0 radical (unpaired) electrons. The van der Waals surface area contributed by atoms with E-state index in [9.17, 15) is 9.59 Å². The van der Waals surface area contributed by atoms with Gasteiger partial charge in [0.15, 0.2) is 0 Å². The number of amides is 2. The Kier molecular flexibility index (Phi) is 3.95. The third-order valence-electron chi connectivity index (χ3n) is 4.64. The van der Waals surface area contributed by atoms with Gasteiger partial charge in [-0.3, -0.25) is 9.59 Å². The lowest BCUT2D eigenvalue weighted by molar-refractivity contribution is -0.134. The molecule has 1 saturated carbocycles. The zero-order valence-electron chi connectivity index (χ0n) is 12.5. The quantitative estimate of drug-likeness (QED) is 0.796. The first-order valence-corrected chi connectivity index (χ1v) is 7.82. The second kappa shape index (κ2) is 5.88. The molecule has 0 spiro atoms. The fraction of sp³-hybridized carbons (Fsp3) is 0.529. The van der Waals surface area contributed by atoms with Gasteiger partial charge in [0, 0.05) is 38.2 Å². The van der Waals surface area contributed by atoms with Gasteiger partial charge in [0.2, 0.25) is 11.8 Å². The molecule has 21 heavy (non-hydrogen) atoms. The van der Waals surface area contributed by atoms with Gasteiger partial charge in [-0.2, -0.15) is 0 Å². The first kappa shape index (κ1) is 14.1. The van der Waals surface area contributed by atoms with Crippen LogP contribution in [0, 0.1) is 0 Å². The van der Waals surface area contributed by atoms with Gasteiger partial charge < -0.3 is 9.80 Å². The molecule has 1 fully saturated rings. The number of para-hydroxylation sites is 1. The molecule has 1 aromatic carbocycles.